The smallest absolute Gasteiger partial charge is 0.147 e. The van der Waals surface area contributed by atoms with E-state index >= 15 is 0 Å². The predicted molar refractivity (Wildman–Crippen MR) is 110 cm³/mol. The molecule has 0 aromatic carbocycles. The van der Waals surface area contributed by atoms with Crippen LogP contribution in [0, 0.1) is 0 Å². The second kappa shape index (κ2) is 24.9. The van der Waals surface area contributed by atoms with E-state index in [9.17, 15) is 0 Å². The molecule has 0 unspecified atom stereocenters. The first-order valence-electron chi connectivity index (χ1n) is 6.68. The largest absolute Gasteiger partial charge is 0.147 e. The summed E-state index contributed by atoms with van der Waals surface area (Å²) in [4.78, 5) is 0. The Hall–Kier alpha value is 1.88. The van der Waals surface area contributed by atoms with Crippen LogP contribution >= 0.6 is 69.3 Å². The topological polar surface area (TPSA) is 0 Å². The van der Waals surface area contributed by atoms with Crippen molar-refractivity contribution >= 4 is 69.3 Å². The predicted octanol–water partition coefficient (Wildman–Crippen LogP) is 6.88. The van der Waals surface area contributed by atoms with Gasteiger partial charge in [-0.1, -0.05) is 0 Å². The number of hydrogen-bond acceptors (Lipinski definition) is 0. The van der Waals surface area contributed by atoms with Gasteiger partial charge in [-0.25, -0.2) is 0 Å². The van der Waals surface area contributed by atoms with Crippen LogP contribution in [0.15, 0.2) is 0 Å². The fourth-order valence-electron chi connectivity index (χ4n) is 2.19. The molecule has 0 nitrogen and oxygen atoms in total. The van der Waals surface area contributed by atoms with Gasteiger partial charge in [0.15, 0.2) is 0 Å². The monoisotopic (exact) mass is 398 g/mol. The van der Waals surface area contributed by atoms with Gasteiger partial charge in [-0.3, -0.25) is 0 Å². The molecule has 0 amide bonds. The third-order valence-corrected chi connectivity index (χ3v) is 8.08. The van der Waals surface area contributed by atoms with E-state index in [1.807, 2.05) is 0 Å². The van der Waals surface area contributed by atoms with Crippen molar-refractivity contribution in [3.05, 3.63) is 0 Å². The Labute approximate surface area is 153 Å². The molecular weight excluding hydrogens is 364 g/mol. The summed E-state index contributed by atoms with van der Waals surface area (Å²) in [5, 5.41) is 0. The van der Waals surface area contributed by atoms with Crippen LogP contribution in [0.4, 0.5) is 0 Å². The minimum absolute atomic E-state index is 0. The molecule has 0 aromatic rings. The van der Waals surface area contributed by atoms with Crippen molar-refractivity contribution in [2.24, 2.45) is 0 Å². The third-order valence-electron chi connectivity index (χ3n) is 3.40. The fraction of sp³-hybridized carbons (Fsp3) is 1.00. The van der Waals surface area contributed by atoms with Crippen LogP contribution in [0.2, 0.25) is 0 Å². The van der Waals surface area contributed by atoms with Crippen LogP contribution in [0.1, 0.15) is 59.3 Å². The molecule has 0 bridgehead atoms. The summed E-state index contributed by atoms with van der Waals surface area (Å²) in [5.74, 6) is 0. The SMILES string of the molecule is CCCC[PH](C)(CCCC)CCCC.Cl.Cl.Cl.Cl.Cl. The molecule has 0 atom stereocenters. The van der Waals surface area contributed by atoms with Crippen molar-refractivity contribution in [2.45, 2.75) is 59.3 Å². The van der Waals surface area contributed by atoms with E-state index in [1.165, 1.54) is 38.5 Å². The van der Waals surface area contributed by atoms with Crippen molar-refractivity contribution in [1.82, 2.24) is 0 Å². The van der Waals surface area contributed by atoms with Gasteiger partial charge in [0.1, 0.15) is 0 Å². The van der Waals surface area contributed by atoms with Crippen molar-refractivity contribution in [2.75, 3.05) is 25.2 Å². The molecule has 0 saturated carbocycles. The second-order valence-corrected chi connectivity index (χ2v) is 10.2. The molecule has 128 valence electrons. The van der Waals surface area contributed by atoms with E-state index < -0.39 is 7.26 Å². The quantitative estimate of drug-likeness (QED) is 0.370. The van der Waals surface area contributed by atoms with Gasteiger partial charge in [0.05, 0.1) is 0 Å². The molecule has 0 spiro atoms. The Morgan fingerprint density at radius 2 is 0.737 bits per heavy atom. The molecule has 0 aliphatic rings. The second-order valence-electron chi connectivity index (χ2n) is 5.12. The van der Waals surface area contributed by atoms with Gasteiger partial charge in [-0.05, 0) is 0 Å². The van der Waals surface area contributed by atoms with E-state index in [-0.39, 0.29) is 62.0 Å². The van der Waals surface area contributed by atoms with E-state index in [4.69, 9.17) is 0 Å². The van der Waals surface area contributed by atoms with Gasteiger partial charge in [-0.2, -0.15) is 0 Å². The van der Waals surface area contributed by atoms with E-state index in [1.54, 1.807) is 18.5 Å². The van der Waals surface area contributed by atoms with Gasteiger partial charge in [0.2, 0.25) is 0 Å². The average molecular weight is 401 g/mol. The van der Waals surface area contributed by atoms with Gasteiger partial charge in [0, 0.05) is 0 Å². The first kappa shape index (κ1) is 37.3. The Balaban J connectivity index is -0.0000000845. The first-order valence-corrected chi connectivity index (χ1v) is 9.80. The van der Waals surface area contributed by atoms with E-state index in [0.29, 0.717) is 0 Å². The standard InChI is InChI=1S/C13H31P.5ClH/c1-5-8-11-14(4,12-9-6-2)13-10-7-3;;;;;/h14H,5-13H2,1-4H3;5*1H. The number of hydrogen-bond donors (Lipinski definition) is 0. The molecule has 6 heteroatoms. The molecule has 0 rings (SSSR count). The minimum atomic E-state index is -0.812. The molecule has 0 aliphatic carbocycles. The summed E-state index contributed by atoms with van der Waals surface area (Å²) in [6, 6.07) is 0. The Kier molecular flexibility index (Phi) is 48.8. The minimum Gasteiger partial charge on any atom is -0.147 e. The van der Waals surface area contributed by atoms with Crippen LogP contribution in [0.25, 0.3) is 0 Å². The van der Waals surface area contributed by atoms with Crippen molar-refractivity contribution in [1.29, 1.82) is 0 Å². The summed E-state index contributed by atoms with van der Waals surface area (Å²) in [6.45, 7) is 9.63. The summed E-state index contributed by atoms with van der Waals surface area (Å²) in [5.41, 5.74) is 0. The third kappa shape index (κ3) is 22.3. The van der Waals surface area contributed by atoms with Crippen LogP contribution in [-0.4, -0.2) is 25.2 Å². The van der Waals surface area contributed by atoms with Gasteiger partial charge >= 0.3 is 91.7 Å². The molecule has 0 heterocycles. The Bertz CT molecular complexity index is 114. The normalized spacial score (nSPS) is 9.68. The molecular formula is C13H36Cl5P. The zero-order valence-corrected chi connectivity index (χ0v) is 18.0. The summed E-state index contributed by atoms with van der Waals surface area (Å²) in [7, 11) is -0.812. The maximum atomic E-state index is 2.65. The molecule has 0 aromatic heterocycles. The molecule has 19 heavy (non-hydrogen) atoms. The molecule has 0 aliphatic heterocycles. The summed E-state index contributed by atoms with van der Waals surface area (Å²) >= 11 is 0. The maximum Gasteiger partial charge on any atom is -0.147 e. The van der Waals surface area contributed by atoms with Crippen molar-refractivity contribution < 1.29 is 0 Å². The van der Waals surface area contributed by atoms with Crippen LogP contribution in [0.3, 0.4) is 0 Å². The van der Waals surface area contributed by atoms with Gasteiger partial charge in [-0.15, -0.1) is 62.0 Å². The van der Waals surface area contributed by atoms with E-state index in [2.05, 4.69) is 27.4 Å². The molecule has 0 fully saturated rings. The zero-order chi connectivity index (χ0) is 10.9. The van der Waals surface area contributed by atoms with Gasteiger partial charge in [0.25, 0.3) is 0 Å². The molecule has 0 saturated heterocycles. The van der Waals surface area contributed by atoms with Crippen LogP contribution in [0.5, 0.6) is 0 Å². The number of halogens is 5. The summed E-state index contributed by atoms with van der Waals surface area (Å²) < 4.78 is 0. The summed E-state index contributed by atoms with van der Waals surface area (Å²) in [6.07, 6.45) is 13.4. The zero-order valence-electron chi connectivity index (χ0n) is 12.9. The Morgan fingerprint density at radius 1 is 0.526 bits per heavy atom. The average Bonchev–Trinajstić information content (AvgIpc) is 2.21. The fourth-order valence-corrected chi connectivity index (χ4v) is 6.56. The van der Waals surface area contributed by atoms with Gasteiger partial charge < -0.3 is 0 Å². The Morgan fingerprint density at radius 3 is 0.895 bits per heavy atom. The first-order chi connectivity index (χ1) is 6.68. The molecule has 0 N–H and O–H groups in total. The number of rotatable bonds is 9. The maximum absolute atomic E-state index is 2.65. The van der Waals surface area contributed by atoms with E-state index in [0.717, 1.165) is 0 Å². The van der Waals surface area contributed by atoms with Crippen LogP contribution < -0.4 is 0 Å². The molecule has 0 radical (unpaired) electrons. The van der Waals surface area contributed by atoms with Crippen LogP contribution in [-0.2, 0) is 0 Å². The number of unbranched alkanes of at least 4 members (excludes halogenated alkanes) is 3. The van der Waals surface area contributed by atoms with Crippen molar-refractivity contribution in [3.63, 3.8) is 0 Å². The van der Waals surface area contributed by atoms with Crippen molar-refractivity contribution in [3.8, 4) is 0 Å².